The molecule has 0 aromatic heterocycles. The third-order valence-electron chi connectivity index (χ3n) is 2.70. The summed E-state index contributed by atoms with van der Waals surface area (Å²) < 4.78 is 14.1. The molecule has 0 heterocycles. The Morgan fingerprint density at radius 2 is 2.00 bits per heavy atom. The number of rotatable bonds is 3. The molecule has 0 aliphatic rings. The van der Waals surface area contributed by atoms with Crippen molar-refractivity contribution in [1.82, 2.24) is 0 Å². The van der Waals surface area contributed by atoms with Gasteiger partial charge in [-0.25, -0.2) is 4.39 Å². The van der Waals surface area contributed by atoms with Crippen LogP contribution >= 0.6 is 34.8 Å². The van der Waals surface area contributed by atoms with Crippen molar-refractivity contribution in [2.45, 2.75) is 0 Å². The van der Waals surface area contributed by atoms with Crippen molar-refractivity contribution in [3.05, 3.63) is 56.9 Å². The zero-order valence-electron chi connectivity index (χ0n) is 10.6. The van der Waals surface area contributed by atoms with Gasteiger partial charge in [-0.2, -0.15) is 0 Å². The van der Waals surface area contributed by atoms with Gasteiger partial charge >= 0.3 is 0 Å². The van der Waals surface area contributed by atoms with Crippen LogP contribution in [0.25, 0.3) is 0 Å². The second-order valence-electron chi connectivity index (χ2n) is 4.18. The molecule has 0 fully saturated rings. The zero-order valence-corrected chi connectivity index (χ0v) is 13.5. The number of anilines is 1. The van der Waals surface area contributed by atoms with Crippen molar-refractivity contribution in [2.24, 2.45) is 5.73 Å². The van der Waals surface area contributed by atoms with Crippen LogP contribution in [-0.4, -0.2) is 16.0 Å². The van der Waals surface area contributed by atoms with E-state index in [0.29, 0.717) is 9.26 Å². The first kappa shape index (κ1) is 15.6. The van der Waals surface area contributed by atoms with Crippen molar-refractivity contribution < 1.29 is 14.3 Å². The summed E-state index contributed by atoms with van der Waals surface area (Å²) in [6.45, 7) is 0. The first-order valence-electron chi connectivity index (χ1n) is 5.77. The molecule has 0 aliphatic carbocycles. The summed E-state index contributed by atoms with van der Waals surface area (Å²) in [5.74, 6) is -0.958. The second-order valence-corrected chi connectivity index (χ2v) is 5.78. The Hall–Kier alpha value is -1.74. The van der Waals surface area contributed by atoms with E-state index in [2.05, 4.69) is 5.32 Å². The van der Waals surface area contributed by atoms with E-state index in [9.17, 15) is 14.3 Å². The van der Waals surface area contributed by atoms with Gasteiger partial charge in [0.25, 0.3) is 5.91 Å². The molecule has 0 saturated heterocycles. The Bertz CT molecular complexity index is 737. The molecule has 4 nitrogen and oxygen atoms in total. The normalized spacial score (nSPS) is 10.2. The van der Waals surface area contributed by atoms with Gasteiger partial charge in [0, 0.05) is 16.8 Å². The molecule has 7 heteroatoms. The summed E-state index contributed by atoms with van der Waals surface area (Å²) >= 11 is 6.69. The third-order valence-corrected chi connectivity index (χ3v) is 3.83. The minimum atomic E-state index is -0.549. The minimum Gasteiger partial charge on any atom is -0.507 e. The highest BCUT2D eigenvalue weighted by Crippen LogP contribution is 2.21. The van der Waals surface area contributed by atoms with Gasteiger partial charge in [0.05, 0.1) is 3.57 Å². The predicted molar refractivity (Wildman–Crippen MR) is 91.1 cm³/mol. The van der Waals surface area contributed by atoms with E-state index in [0.717, 1.165) is 0 Å². The maximum absolute atomic E-state index is 13.5. The fourth-order valence-electron chi connectivity index (χ4n) is 1.65. The molecular formula is C14H10FIN2O2S. The van der Waals surface area contributed by atoms with Gasteiger partial charge in [-0.05, 0) is 59.0 Å². The van der Waals surface area contributed by atoms with E-state index in [1.807, 2.05) is 22.6 Å². The number of amides is 1. The van der Waals surface area contributed by atoms with Gasteiger partial charge in [-0.15, -0.1) is 0 Å². The third kappa shape index (κ3) is 3.67. The molecule has 4 N–H and O–H groups in total. The SMILES string of the molecule is NC(=S)c1cc(NC(=O)c2ccc(I)c(O)c2)ccc1F. The van der Waals surface area contributed by atoms with Crippen LogP contribution in [0.3, 0.4) is 0 Å². The number of halogens is 2. The summed E-state index contributed by atoms with van der Waals surface area (Å²) in [7, 11) is 0. The number of thiocarbonyl (C=S) groups is 1. The van der Waals surface area contributed by atoms with Gasteiger partial charge in [0.1, 0.15) is 16.6 Å². The van der Waals surface area contributed by atoms with Crippen LogP contribution in [0.5, 0.6) is 5.75 Å². The molecule has 0 atom stereocenters. The fraction of sp³-hybridized carbons (Fsp3) is 0. The number of hydrogen-bond acceptors (Lipinski definition) is 3. The van der Waals surface area contributed by atoms with Gasteiger partial charge in [0.2, 0.25) is 0 Å². The molecule has 0 spiro atoms. The van der Waals surface area contributed by atoms with Crippen LogP contribution in [0, 0.1) is 9.39 Å². The lowest BCUT2D eigenvalue weighted by Crippen LogP contribution is -2.15. The summed E-state index contributed by atoms with van der Waals surface area (Å²) in [6, 6.07) is 8.50. The highest BCUT2D eigenvalue weighted by atomic mass is 127. The first-order valence-corrected chi connectivity index (χ1v) is 7.26. The molecule has 2 aromatic rings. The lowest BCUT2D eigenvalue weighted by molar-refractivity contribution is 0.102. The van der Waals surface area contributed by atoms with Gasteiger partial charge in [-0.3, -0.25) is 4.79 Å². The lowest BCUT2D eigenvalue weighted by atomic mass is 10.1. The largest absolute Gasteiger partial charge is 0.507 e. The summed E-state index contributed by atoms with van der Waals surface area (Å²) in [6.07, 6.45) is 0. The standard InChI is InChI=1S/C14H10FIN2O2S/c15-10-3-2-8(6-9(10)13(17)21)18-14(20)7-1-4-11(16)12(19)5-7/h1-6,19H,(H2,17,21)(H,18,20). The molecule has 0 bridgehead atoms. The Kier molecular flexibility index (Phi) is 4.73. The molecule has 0 radical (unpaired) electrons. The Balaban J connectivity index is 2.25. The van der Waals surface area contributed by atoms with E-state index >= 15 is 0 Å². The maximum atomic E-state index is 13.5. The van der Waals surface area contributed by atoms with Crippen molar-refractivity contribution >= 4 is 51.4 Å². The monoisotopic (exact) mass is 416 g/mol. The van der Waals surface area contributed by atoms with Crippen LogP contribution in [-0.2, 0) is 0 Å². The fourth-order valence-corrected chi connectivity index (χ4v) is 2.14. The maximum Gasteiger partial charge on any atom is 0.255 e. The van der Waals surface area contributed by atoms with Gasteiger partial charge in [0.15, 0.2) is 0 Å². The molecule has 0 unspecified atom stereocenters. The number of nitrogens with one attached hydrogen (secondary N) is 1. The molecule has 108 valence electrons. The highest BCUT2D eigenvalue weighted by Gasteiger charge is 2.11. The van der Waals surface area contributed by atoms with E-state index < -0.39 is 11.7 Å². The Morgan fingerprint density at radius 1 is 1.29 bits per heavy atom. The predicted octanol–water partition coefficient (Wildman–Crippen LogP) is 3.02. The smallest absolute Gasteiger partial charge is 0.255 e. The minimum absolute atomic E-state index is 0.0196. The molecular weight excluding hydrogens is 406 g/mol. The quantitative estimate of drug-likeness (QED) is 0.531. The number of carbonyl (C=O) groups is 1. The van der Waals surface area contributed by atoms with Crippen molar-refractivity contribution in [3.8, 4) is 5.75 Å². The molecule has 2 rings (SSSR count). The van der Waals surface area contributed by atoms with Crippen molar-refractivity contribution in [3.63, 3.8) is 0 Å². The van der Waals surface area contributed by atoms with Crippen LogP contribution in [0.15, 0.2) is 36.4 Å². The number of hydrogen-bond donors (Lipinski definition) is 3. The van der Waals surface area contributed by atoms with Crippen LogP contribution < -0.4 is 11.1 Å². The highest BCUT2D eigenvalue weighted by molar-refractivity contribution is 14.1. The van der Waals surface area contributed by atoms with E-state index in [1.54, 1.807) is 12.1 Å². The Labute approximate surface area is 139 Å². The topological polar surface area (TPSA) is 75.3 Å². The van der Waals surface area contributed by atoms with Crippen LogP contribution in [0.1, 0.15) is 15.9 Å². The summed E-state index contributed by atoms with van der Waals surface area (Å²) in [5, 5.41) is 12.2. The van der Waals surface area contributed by atoms with Gasteiger partial charge < -0.3 is 16.2 Å². The molecule has 21 heavy (non-hydrogen) atoms. The second kappa shape index (κ2) is 6.35. The van der Waals surface area contributed by atoms with E-state index in [1.165, 1.54) is 24.3 Å². The average Bonchev–Trinajstić information content (AvgIpc) is 2.43. The molecule has 1 amide bonds. The lowest BCUT2D eigenvalue weighted by Gasteiger charge is -2.08. The summed E-state index contributed by atoms with van der Waals surface area (Å²) in [4.78, 5) is 12.0. The number of nitrogens with two attached hydrogens (primary N) is 1. The van der Waals surface area contributed by atoms with Crippen LogP contribution in [0.2, 0.25) is 0 Å². The molecule has 2 aromatic carbocycles. The van der Waals surface area contributed by atoms with Gasteiger partial charge in [-0.1, -0.05) is 12.2 Å². The Morgan fingerprint density at radius 3 is 2.62 bits per heavy atom. The average molecular weight is 416 g/mol. The van der Waals surface area contributed by atoms with E-state index in [-0.39, 0.29) is 21.9 Å². The number of aromatic hydroxyl groups is 1. The molecule has 0 aliphatic heterocycles. The summed E-state index contributed by atoms with van der Waals surface area (Å²) in [5.41, 5.74) is 6.12. The number of phenols is 1. The zero-order chi connectivity index (χ0) is 15.6. The number of phenolic OH excluding ortho intramolecular Hbond substituents is 1. The molecule has 0 saturated carbocycles. The number of benzene rings is 2. The van der Waals surface area contributed by atoms with Crippen molar-refractivity contribution in [2.75, 3.05) is 5.32 Å². The number of carbonyl (C=O) groups excluding carboxylic acids is 1. The van der Waals surface area contributed by atoms with Crippen molar-refractivity contribution in [1.29, 1.82) is 0 Å². The van der Waals surface area contributed by atoms with Crippen LogP contribution in [0.4, 0.5) is 10.1 Å². The van der Waals surface area contributed by atoms with E-state index in [4.69, 9.17) is 18.0 Å². The first-order chi connectivity index (χ1) is 9.88.